The van der Waals surface area contributed by atoms with Crippen molar-refractivity contribution in [2.24, 2.45) is 11.3 Å². The van der Waals surface area contributed by atoms with E-state index >= 15 is 0 Å². The molecule has 0 aliphatic carbocycles. The summed E-state index contributed by atoms with van der Waals surface area (Å²) in [7, 11) is 0. The minimum atomic E-state index is -0.195. The summed E-state index contributed by atoms with van der Waals surface area (Å²) in [6.07, 6.45) is 2.72. The Bertz CT molecular complexity index is 431. The monoisotopic (exact) mass is 327 g/mol. The molecular formula is C16H23BrFN. The Morgan fingerprint density at radius 3 is 2.74 bits per heavy atom. The number of benzene rings is 1. The highest BCUT2D eigenvalue weighted by Gasteiger charge is 2.22. The average Bonchev–Trinajstić information content (AvgIpc) is 2.33. The maximum absolute atomic E-state index is 13.3. The zero-order valence-corrected chi connectivity index (χ0v) is 13.6. The van der Waals surface area contributed by atoms with Crippen LogP contribution in [0.3, 0.4) is 0 Å². The van der Waals surface area contributed by atoms with Gasteiger partial charge in [0.2, 0.25) is 0 Å². The molecule has 1 unspecified atom stereocenters. The van der Waals surface area contributed by atoms with E-state index in [0.29, 0.717) is 5.92 Å². The SMILES string of the molecule is C=CC(C)(CNCC(C)C)Cc1cc(F)ccc1Br. The molecule has 0 amide bonds. The lowest BCUT2D eigenvalue weighted by Crippen LogP contribution is -2.34. The molecule has 1 aromatic carbocycles. The summed E-state index contributed by atoms with van der Waals surface area (Å²) in [4.78, 5) is 0. The second-order valence-electron chi connectivity index (χ2n) is 5.80. The van der Waals surface area contributed by atoms with Crippen molar-refractivity contribution in [1.29, 1.82) is 0 Å². The Balaban J connectivity index is 2.74. The first-order valence-corrected chi connectivity index (χ1v) is 7.44. The summed E-state index contributed by atoms with van der Waals surface area (Å²) in [5.74, 6) is 0.426. The van der Waals surface area contributed by atoms with Crippen LogP contribution in [0.1, 0.15) is 26.3 Å². The van der Waals surface area contributed by atoms with Crippen molar-refractivity contribution in [3.8, 4) is 0 Å². The van der Waals surface area contributed by atoms with Gasteiger partial charge in [-0.1, -0.05) is 42.8 Å². The zero-order chi connectivity index (χ0) is 14.5. The van der Waals surface area contributed by atoms with Crippen LogP contribution in [-0.4, -0.2) is 13.1 Å². The molecule has 0 heterocycles. The van der Waals surface area contributed by atoms with Crippen LogP contribution >= 0.6 is 15.9 Å². The third-order valence-corrected chi connectivity index (χ3v) is 3.95. The van der Waals surface area contributed by atoms with E-state index in [9.17, 15) is 4.39 Å². The van der Waals surface area contributed by atoms with E-state index in [4.69, 9.17) is 0 Å². The summed E-state index contributed by atoms with van der Waals surface area (Å²) < 4.78 is 14.3. The van der Waals surface area contributed by atoms with Crippen molar-refractivity contribution in [3.05, 3.63) is 46.7 Å². The van der Waals surface area contributed by atoms with E-state index in [-0.39, 0.29) is 11.2 Å². The van der Waals surface area contributed by atoms with Gasteiger partial charge in [-0.25, -0.2) is 4.39 Å². The lowest BCUT2D eigenvalue weighted by molar-refractivity contribution is 0.377. The van der Waals surface area contributed by atoms with Crippen LogP contribution in [0, 0.1) is 17.2 Å². The van der Waals surface area contributed by atoms with Gasteiger partial charge in [0, 0.05) is 16.4 Å². The molecule has 0 saturated heterocycles. The molecule has 1 aromatic rings. The fraction of sp³-hybridized carbons (Fsp3) is 0.500. The quantitative estimate of drug-likeness (QED) is 0.723. The van der Waals surface area contributed by atoms with Gasteiger partial charge in [-0.05, 0) is 42.6 Å². The number of halogens is 2. The molecule has 0 spiro atoms. The summed E-state index contributed by atoms with van der Waals surface area (Å²) in [5.41, 5.74) is 0.902. The van der Waals surface area contributed by atoms with Gasteiger partial charge in [0.1, 0.15) is 5.82 Å². The molecule has 19 heavy (non-hydrogen) atoms. The fourth-order valence-corrected chi connectivity index (χ4v) is 2.35. The van der Waals surface area contributed by atoms with Gasteiger partial charge >= 0.3 is 0 Å². The van der Waals surface area contributed by atoms with Gasteiger partial charge in [0.05, 0.1) is 0 Å². The van der Waals surface area contributed by atoms with Crippen LogP contribution in [0.15, 0.2) is 35.3 Å². The molecule has 1 rings (SSSR count). The highest BCUT2D eigenvalue weighted by Crippen LogP contribution is 2.28. The molecule has 0 fully saturated rings. The third-order valence-electron chi connectivity index (χ3n) is 3.18. The van der Waals surface area contributed by atoms with E-state index in [0.717, 1.165) is 29.5 Å². The van der Waals surface area contributed by atoms with Crippen LogP contribution < -0.4 is 5.32 Å². The zero-order valence-electron chi connectivity index (χ0n) is 12.0. The molecule has 0 aliphatic rings. The largest absolute Gasteiger partial charge is 0.316 e. The molecular weight excluding hydrogens is 305 g/mol. The van der Waals surface area contributed by atoms with Gasteiger partial charge in [-0.3, -0.25) is 0 Å². The van der Waals surface area contributed by atoms with E-state index < -0.39 is 0 Å². The van der Waals surface area contributed by atoms with E-state index in [1.807, 2.05) is 6.08 Å². The van der Waals surface area contributed by atoms with Crippen molar-refractivity contribution in [1.82, 2.24) is 5.32 Å². The molecule has 3 heteroatoms. The highest BCUT2D eigenvalue weighted by molar-refractivity contribution is 9.10. The summed E-state index contributed by atoms with van der Waals surface area (Å²) in [5, 5.41) is 3.45. The highest BCUT2D eigenvalue weighted by atomic mass is 79.9. The maximum atomic E-state index is 13.3. The molecule has 106 valence electrons. The van der Waals surface area contributed by atoms with E-state index in [1.54, 1.807) is 12.1 Å². The van der Waals surface area contributed by atoms with Crippen molar-refractivity contribution >= 4 is 15.9 Å². The lowest BCUT2D eigenvalue weighted by Gasteiger charge is -2.27. The predicted molar refractivity (Wildman–Crippen MR) is 83.8 cm³/mol. The minimum Gasteiger partial charge on any atom is -0.316 e. The van der Waals surface area contributed by atoms with Crippen LogP contribution in [0.25, 0.3) is 0 Å². The summed E-state index contributed by atoms with van der Waals surface area (Å²) in [6, 6.07) is 4.82. The second-order valence-corrected chi connectivity index (χ2v) is 6.65. The van der Waals surface area contributed by atoms with Gasteiger partial charge in [0.25, 0.3) is 0 Å². The van der Waals surface area contributed by atoms with Crippen LogP contribution in [0.2, 0.25) is 0 Å². The molecule has 0 bridgehead atoms. The standard InChI is InChI=1S/C16H23BrFN/c1-5-16(4,11-19-10-12(2)3)9-13-8-14(18)6-7-15(13)17/h5-8,12,19H,1,9-11H2,2-4H3. The second kappa shape index (κ2) is 7.20. The smallest absolute Gasteiger partial charge is 0.123 e. The van der Waals surface area contributed by atoms with E-state index in [2.05, 4.69) is 48.6 Å². The van der Waals surface area contributed by atoms with Crippen molar-refractivity contribution in [3.63, 3.8) is 0 Å². The molecule has 0 radical (unpaired) electrons. The predicted octanol–water partition coefficient (Wildman–Crippen LogP) is 4.57. The lowest BCUT2D eigenvalue weighted by atomic mass is 9.83. The normalized spacial score (nSPS) is 14.4. The fourth-order valence-electron chi connectivity index (χ4n) is 1.97. The topological polar surface area (TPSA) is 12.0 Å². The van der Waals surface area contributed by atoms with Crippen molar-refractivity contribution < 1.29 is 4.39 Å². The molecule has 1 nitrogen and oxygen atoms in total. The minimum absolute atomic E-state index is 0.0782. The molecule has 0 aromatic heterocycles. The van der Waals surface area contributed by atoms with Crippen LogP contribution in [0.4, 0.5) is 4.39 Å². The maximum Gasteiger partial charge on any atom is 0.123 e. The van der Waals surface area contributed by atoms with Crippen LogP contribution in [-0.2, 0) is 6.42 Å². The molecule has 1 N–H and O–H groups in total. The Hall–Kier alpha value is -0.670. The molecule has 0 saturated carbocycles. The first-order valence-electron chi connectivity index (χ1n) is 6.64. The van der Waals surface area contributed by atoms with Gasteiger partial charge in [-0.15, -0.1) is 6.58 Å². The molecule has 1 atom stereocenters. The van der Waals surface area contributed by atoms with Gasteiger partial charge in [0.15, 0.2) is 0 Å². The van der Waals surface area contributed by atoms with E-state index in [1.165, 1.54) is 6.07 Å². The average molecular weight is 328 g/mol. The number of hydrogen-bond donors (Lipinski definition) is 1. The Kier molecular flexibility index (Phi) is 6.21. The summed E-state index contributed by atoms with van der Waals surface area (Å²) >= 11 is 3.48. The Labute approximate surface area is 124 Å². The van der Waals surface area contributed by atoms with Crippen LogP contribution in [0.5, 0.6) is 0 Å². The first kappa shape index (κ1) is 16.4. The number of nitrogens with one attached hydrogen (secondary N) is 1. The number of rotatable bonds is 7. The van der Waals surface area contributed by atoms with Crippen molar-refractivity contribution in [2.45, 2.75) is 27.2 Å². The Morgan fingerprint density at radius 2 is 2.16 bits per heavy atom. The number of hydrogen-bond acceptors (Lipinski definition) is 1. The van der Waals surface area contributed by atoms with Crippen molar-refractivity contribution in [2.75, 3.05) is 13.1 Å². The van der Waals surface area contributed by atoms with Gasteiger partial charge in [-0.2, -0.15) is 0 Å². The first-order chi connectivity index (χ1) is 8.86. The summed E-state index contributed by atoms with van der Waals surface area (Å²) in [6.45, 7) is 12.3. The Morgan fingerprint density at radius 1 is 1.47 bits per heavy atom. The van der Waals surface area contributed by atoms with Gasteiger partial charge < -0.3 is 5.32 Å². The molecule has 0 aliphatic heterocycles. The third kappa shape index (κ3) is 5.45.